The van der Waals surface area contributed by atoms with Crippen molar-refractivity contribution in [3.8, 4) is 0 Å². The molecule has 0 aliphatic carbocycles. The molecular formula is C10H13NO3S. The second-order valence-electron chi connectivity index (χ2n) is 3.06. The van der Waals surface area contributed by atoms with Crippen LogP contribution in [0.1, 0.15) is 6.42 Å². The average Bonchev–Trinajstić information content (AvgIpc) is 2.27. The highest BCUT2D eigenvalue weighted by Crippen LogP contribution is 2.10. The Hall–Kier alpha value is -1.36. The second-order valence-corrected chi connectivity index (χ2v) is 5.16. The first-order valence-electron chi connectivity index (χ1n) is 4.54. The van der Waals surface area contributed by atoms with E-state index in [0.717, 1.165) is 0 Å². The zero-order valence-corrected chi connectivity index (χ0v) is 9.25. The smallest absolute Gasteiger partial charge is 0.220 e. The van der Waals surface area contributed by atoms with Gasteiger partial charge in [0, 0.05) is 13.5 Å². The number of hydrogen-bond acceptors (Lipinski definition) is 3. The van der Waals surface area contributed by atoms with Gasteiger partial charge >= 0.3 is 0 Å². The lowest BCUT2D eigenvalue weighted by Gasteiger charge is -2.03. The summed E-state index contributed by atoms with van der Waals surface area (Å²) in [7, 11) is -1.84. The maximum Gasteiger partial charge on any atom is 0.220 e. The molecule has 5 heteroatoms. The highest BCUT2D eigenvalue weighted by Gasteiger charge is 2.14. The van der Waals surface area contributed by atoms with E-state index in [4.69, 9.17) is 0 Å². The average molecular weight is 227 g/mol. The molecule has 1 aromatic carbocycles. The molecule has 15 heavy (non-hydrogen) atoms. The van der Waals surface area contributed by atoms with Gasteiger partial charge in [0.1, 0.15) is 0 Å². The van der Waals surface area contributed by atoms with E-state index in [9.17, 15) is 13.2 Å². The second kappa shape index (κ2) is 4.93. The SMILES string of the molecule is CNC(=O)CCS(=O)(=O)c1ccccc1. The molecule has 0 radical (unpaired) electrons. The van der Waals surface area contributed by atoms with Crippen molar-refractivity contribution in [1.29, 1.82) is 0 Å². The molecule has 0 spiro atoms. The van der Waals surface area contributed by atoms with Crippen LogP contribution in [0.4, 0.5) is 0 Å². The fraction of sp³-hybridized carbons (Fsp3) is 0.300. The lowest BCUT2D eigenvalue weighted by Crippen LogP contribution is -2.21. The van der Waals surface area contributed by atoms with Crippen molar-refractivity contribution in [3.05, 3.63) is 30.3 Å². The Morgan fingerprint density at radius 1 is 1.27 bits per heavy atom. The summed E-state index contributed by atoms with van der Waals surface area (Å²) in [5, 5.41) is 2.39. The lowest BCUT2D eigenvalue weighted by molar-refractivity contribution is -0.120. The zero-order chi connectivity index (χ0) is 11.3. The number of amides is 1. The van der Waals surface area contributed by atoms with E-state index in [-0.39, 0.29) is 23.0 Å². The van der Waals surface area contributed by atoms with Crippen molar-refractivity contribution in [2.45, 2.75) is 11.3 Å². The van der Waals surface area contributed by atoms with Crippen LogP contribution in [0.3, 0.4) is 0 Å². The summed E-state index contributed by atoms with van der Waals surface area (Å²) in [6.07, 6.45) is -0.00622. The third-order valence-corrected chi connectivity index (χ3v) is 3.71. The van der Waals surface area contributed by atoms with Gasteiger partial charge in [-0.3, -0.25) is 4.79 Å². The van der Waals surface area contributed by atoms with Crippen LogP contribution in [0.15, 0.2) is 35.2 Å². The molecular weight excluding hydrogens is 214 g/mol. The fourth-order valence-electron chi connectivity index (χ4n) is 1.10. The van der Waals surface area contributed by atoms with E-state index in [1.54, 1.807) is 18.2 Å². The maximum absolute atomic E-state index is 11.7. The van der Waals surface area contributed by atoms with Gasteiger partial charge in [-0.2, -0.15) is 0 Å². The number of sulfone groups is 1. The molecule has 1 rings (SSSR count). The van der Waals surface area contributed by atoms with Crippen molar-refractivity contribution in [1.82, 2.24) is 5.32 Å². The van der Waals surface area contributed by atoms with Gasteiger partial charge in [0.25, 0.3) is 0 Å². The highest BCUT2D eigenvalue weighted by molar-refractivity contribution is 7.91. The molecule has 1 aromatic rings. The first-order valence-corrected chi connectivity index (χ1v) is 6.20. The summed E-state index contributed by atoms with van der Waals surface area (Å²) in [6, 6.07) is 8.12. The molecule has 0 atom stereocenters. The molecule has 0 saturated carbocycles. The summed E-state index contributed by atoms with van der Waals surface area (Å²) in [4.78, 5) is 11.2. The fourth-order valence-corrected chi connectivity index (χ4v) is 2.36. The monoisotopic (exact) mass is 227 g/mol. The summed E-state index contributed by atoms with van der Waals surface area (Å²) < 4.78 is 23.3. The van der Waals surface area contributed by atoms with Crippen molar-refractivity contribution < 1.29 is 13.2 Å². The first kappa shape index (κ1) is 11.7. The van der Waals surface area contributed by atoms with E-state index in [1.165, 1.54) is 19.2 Å². The number of nitrogens with one attached hydrogen (secondary N) is 1. The number of benzene rings is 1. The van der Waals surface area contributed by atoms with Crippen molar-refractivity contribution in [2.75, 3.05) is 12.8 Å². The van der Waals surface area contributed by atoms with Crippen molar-refractivity contribution in [3.63, 3.8) is 0 Å². The van der Waals surface area contributed by atoms with Gasteiger partial charge in [0.05, 0.1) is 10.6 Å². The molecule has 0 unspecified atom stereocenters. The van der Waals surface area contributed by atoms with Crippen LogP contribution in [0, 0.1) is 0 Å². The number of carbonyl (C=O) groups excluding carboxylic acids is 1. The van der Waals surface area contributed by atoms with E-state index < -0.39 is 9.84 Å². The summed E-state index contributed by atoms with van der Waals surface area (Å²) in [5.41, 5.74) is 0. The minimum atomic E-state index is -3.33. The quantitative estimate of drug-likeness (QED) is 0.819. The first-order chi connectivity index (χ1) is 7.06. The number of hydrogen-bond donors (Lipinski definition) is 1. The molecule has 0 saturated heterocycles. The molecule has 0 aliphatic rings. The Morgan fingerprint density at radius 2 is 1.87 bits per heavy atom. The Kier molecular flexibility index (Phi) is 3.85. The predicted octanol–water partition coefficient (Wildman–Crippen LogP) is 0.596. The molecule has 1 amide bonds. The highest BCUT2D eigenvalue weighted by atomic mass is 32.2. The van der Waals surface area contributed by atoms with Crippen LogP contribution in [0.25, 0.3) is 0 Å². The Labute approximate surface area is 89.2 Å². The van der Waals surface area contributed by atoms with Crippen molar-refractivity contribution >= 4 is 15.7 Å². The van der Waals surface area contributed by atoms with E-state index in [0.29, 0.717) is 0 Å². The summed E-state index contributed by atoms with van der Waals surface area (Å²) in [5.74, 6) is -0.425. The van der Waals surface area contributed by atoms with Gasteiger partial charge < -0.3 is 5.32 Å². The van der Waals surface area contributed by atoms with Crippen LogP contribution >= 0.6 is 0 Å². The van der Waals surface area contributed by atoms with Gasteiger partial charge in [-0.05, 0) is 12.1 Å². The van der Waals surface area contributed by atoms with Gasteiger partial charge in [0.15, 0.2) is 9.84 Å². The molecule has 82 valence electrons. The normalized spacial score (nSPS) is 11.0. The molecule has 1 N–H and O–H groups in total. The summed E-state index contributed by atoms with van der Waals surface area (Å²) >= 11 is 0. The Morgan fingerprint density at radius 3 is 2.40 bits per heavy atom. The minimum Gasteiger partial charge on any atom is -0.359 e. The van der Waals surface area contributed by atoms with E-state index in [2.05, 4.69) is 5.32 Å². The maximum atomic E-state index is 11.7. The van der Waals surface area contributed by atoms with E-state index >= 15 is 0 Å². The van der Waals surface area contributed by atoms with Crippen molar-refractivity contribution in [2.24, 2.45) is 0 Å². The zero-order valence-electron chi connectivity index (χ0n) is 8.43. The standard InChI is InChI=1S/C10H13NO3S/c1-11-10(12)7-8-15(13,14)9-5-3-2-4-6-9/h2-6H,7-8H2,1H3,(H,11,12). The van der Waals surface area contributed by atoms with Gasteiger partial charge in [-0.1, -0.05) is 18.2 Å². The third kappa shape index (κ3) is 3.36. The van der Waals surface area contributed by atoms with Crippen LogP contribution in [0.5, 0.6) is 0 Å². The molecule has 4 nitrogen and oxygen atoms in total. The van der Waals surface area contributed by atoms with Gasteiger partial charge in [0.2, 0.25) is 5.91 Å². The molecule has 0 heterocycles. The topological polar surface area (TPSA) is 63.2 Å². The van der Waals surface area contributed by atoms with Crippen LogP contribution < -0.4 is 5.32 Å². The number of rotatable bonds is 4. The van der Waals surface area contributed by atoms with Gasteiger partial charge in [-0.15, -0.1) is 0 Å². The molecule has 0 aliphatic heterocycles. The van der Waals surface area contributed by atoms with E-state index in [1.807, 2.05) is 0 Å². The Balaban J connectivity index is 2.73. The number of carbonyl (C=O) groups is 1. The van der Waals surface area contributed by atoms with Gasteiger partial charge in [-0.25, -0.2) is 8.42 Å². The predicted molar refractivity (Wildman–Crippen MR) is 57.2 cm³/mol. The molecule has 0 bridgehead atoms. The largest absolute Gasteiger partial charge is 0.359 e. The Bertz CT molecular complexity index is 425. The van der Waals surface area contributed by atoms with Crippen LogP contribution in [-0.4, -0.2) is 27.1 Å². The lowest BCUT2D eigenvalue weighted by atomic mass is 10.4. The third-order valence-electron chi connectivity index (χ3n) is 1.98. The summed E-state index contributed by atoms with van der Waals surface area (Å²) in [6.45, 7) is 0. The molecule has 0 aromatic heterocycles. The molecule has 0 fully saturated rings. The van der Waals surface area contributed by atoms with Crippen LogP contribution in [0.2, 0.25) is 0 Å². The van der Waals surface area contributed by atoms with Crippen LogP contribution in [-0.2, 0) is 14.6 Å². The minimum absolute atomic E-state index is 0.00622.